The zero-order valence-electron chi connectivity index (χ0n) is 13.0. The van der Waals surface area contributed by atoms with Gasteiger partial charge in [-0.1, -0.05) is 12.8 Å². The van der Waals surface area contributed by atoms with E-state index in [1.807, 2.05) is 0 Å². The predicted molar refractivity (Wildman–Crippen MR) is 80.3 cm³/mol. The van der Waals surface area contributed by atoms with Gasteiger partial charge in [-0.15, -0.1) is 0 Å². The number of aliphatic hydroxyl groups excluding tert-OH is 1. The van der Waals surface area contributed by atoms with E-state index in [1.54, 1.807) is 0 Å². The predicted octanol–water partition coefficient (Wildman–Crippen LogP) is 2.39. The van der Waals surface area contributed by atoms with Crippen LogP contribution in [0.15, 0.2) is 0 Å². The van der Waals surface area contributed by atoms with Gasteiger partial charge in [0.1, 0.15) is 0 Å². The molecule has 1 aliphatic heterocycles. The third-order valence-corrected chi connectivity index (χ3v) is 4.67. The fourth-order valence-electron chi connectivity index (χ4n) is 3.85. The third-order valence-electron chi connectivity index (χ3n) is 4.67. The summed E-state index contributed by atoms with van der Waals surface area (Å²) >= 11 is 0. The molecule has 0 bridgehead atoms. The first kappa shape index (κ1) is 15.3. The zero-order valence-corrected chi connectivity index (χ0v) is 13.0. The van der Waals surface area contributed by atoms with Crippen molar-refractivity contribution in [2.75, 3.05) is 19.7 Å². The monoisotopic (exact) mass is 268 g/mol. The summed E-state index contributed by atoms with van der Waals surface area (Å²) in [4.78, 5) is 2.70. The van der Waals surface area contributed by atoms with Crippen molar-refractivity contribution in [3.63, 3.8) is 0 Å². The van der Waals surface area contributed by atoms with Crippen LogP contribution in [0.3, 0.4) is 0 Å². The molecule has 0 amide bonds. The van der Waals surface area contributed by atoms with Crippen molar-refractivity contribution in [2.24, 2.45) is 5.92 Å². The van der Waals surface area contributed by atoms with Crippen molar-refractivity contribution in [3.05, 3.63) is 0 Å². The molecule has 0 unspecified atom stereocenters. The molecule has 3 nitrogen and oxygen atoms in total. The van der Waals surface area contributed by atoms with Gasteiger partial charge in [-0.05, 0) is 58.9 Å². The molecular weight excluding hydrogens is 236 g/mol. The largest absolute Gasteiger partial charge is 0.396 e. The highest BCUT2D eigenvalue weighted by Crippen LogP contribution is 2.30. The molecule has 0 aromatic heterocycles. The molecule has 0 radical (unpaired) electrons. The Hall–Kier alpha value is -0.120. The Morgan fingerprint density at radius 1 is 1.16 bits per heavy atom. The van der Waals surface area contributed by atoms with Gasteiger partial charge in [0.05, 0.1) is 0 Å². The molecule has 0 spiro atoms. The van der Waals surface area contributed by atoms with Gasteiger partial charge in [0.25, 0.3) is 0 Å². The van der Waals surface area contributed by atoms with E-state index in [2.05, 4.69) is 31.0 Å². The van der Waals surface area contributed by atoms with Gasteiger partial charge in [0.15, 0.2) is 0 Å². The van der Waals surface area contributed by atoms with Gasteiger partial charge >= 0.3 is 0 Å². The summed E-state index contributed by atoms with van der Waals surface area (Å²) in [5, 5.41) is 12.9. The van der Waals surface area contributed by atoms with E-state index >= 15 is 0 Å². The average Bonchev–Trinajstić information content (AvgIpc) is 2.76. The normalized spacial score (nSPS) is 33.8. The van der Waals surface area contributed by atoms with Crippen molar-refractivity contribution < 1.29 is 5.11 Å². The van der Waals surface area contributed by atoms with Gasteiger partial charge < -0.3 is 10.4 Å². The second-order valence-electron chi connectivity index (χ2n) is 7.51. The SMILES string of the molecule is CC(C)(C)N[C@H]1CCCC[C@@H]1N1CC[C@H](CCO)C1. The Balaban J connectivity index is 1.92. The van der Waals surface area contributed by atoms with Crippen LogP contribution in [0.1, 0.15) is 59.3 Å². The Labute approximate surface area is 118 Å². The third kappa shape index (κ3) is 4.44. The van der Waals surface area contributed by atoms with Gasteiger partial charge in [-0.25, -0.2) is 0 Å². The fourth-order valence-corrected chi connectivity index (χ4v) is 3.85. The van der Waals surface area contributed by atoms with Crippen molar-refractivity contribution in [2.45, 2.75) is 76.9 Å². The van der Waals surface area contributed by atoms with Crippen LogP contribution in [0.25, 0.3) is 0 Å². The van der Waals surface area contributed by atoms with Crippen LogP contribution in [0.2, 0.25) is 0 Å². The van der Waals surface area contributed by atoms with Crippen LogP contribution < -0.4 is 5.32 Å². The molecule has 3 atom stereocenters. The lowest BCUT2D eigenvalue weighted by Gasteiger charge is -2.41. The van der Waals surface area contributed by atoms with Crippen LogP contribution in [0.5, 0.6) is 0 Å². The fraction of sp³-hybridized carbons (Fsp3) is 1.00. The first-order valence-electron chi connectivity index (χ1n) is 8.12. The number of rotatable bonds is 4. The molecule has 112 valence electrons. The van der Waals surface area contributed by atoms with Crippen LogP contribution in [0, 0.1) is 5.92 Å². The maximum absolute atomic E-state index is 9.10. The first-order valence-corrected chi connectivity index (χ1v) is 8.12. The molecule has 2 fully saturated rings. The van der Waals surface area contributed by atoms with Crippen LogP contribution in [0.4, 0.5) is 0 Å². The minimum atomic E-state index is 0.213. The molecule has 1 saturated heterocycles. The maximum Gasteiger partial charge on any atom is 0.0434 e. The number of nitrogens with one attached hydrogen (secondary N) is 1. The zero-order chi connectivity index (χ0) is 13.9. The summed E-state index contributed by atoms with van der Waals surface area (Å²) < 4.78 is 0. The van der Waals surface area contributed by atoms with E-state index in [9.17, 15) is 0 Å². The van der Waals surface area contributed by atoms with Gasteiger partial charge in [0, 0.05) is 30.8 Å². The van der Waals surface area contributed by atoms with E-state index in [1.165, 1.54) is 45.2 Å². The van der Waals surface area contributed by atoms with E-state index in [0.717, 1.165) is 18.4 Å². The molecule has 2 aliphatic rings. The number of aliphatic hydroxyl groups is 1. The van der Waals surface area contributed by atoms with Crippen molar-refractivity contribution in [1.82, 2.24) is 10.2 Å². The topological polar surface area (TPSA) is 35.5 Å². The number of likely N-dealkylation sites (tertiary alicyclic amines) is 1. The van der Waals surface area contributed by atoms with E-state index < -0.39 is 0 Å². The summed E-state index contributed by atoms with van der Waals surface area (Å²) in [5.74, 6) is 0.724. The smallest absolute Gasteiger partial charge is 0.0434 e. The lowest BCUT2D eigenvalue weighted by molar-refractivity contribution is 0.125. The van der Waals surface area contributed by atoms with Crippen molar-refractivity contribution in [3.8, 4) is 0 Å². The molecule has 0 aromatic rings. The van der Waals surface area contributed by atoms with Crippen LogP contribution in [-0.2, 0) is 0 Å². The molecule has 0 aromatic carbocycles. The summed E-state index contributed by atoms with van der Waals surface area (Å²) in [6.45, 7) is 9.61. The summed E-state index contributed by atoms with van der Waals surface area (Å²) in [5.41, 5.74) is 0.213. The standard InChI is InChI=1S/C16H32N2O/c1-16(2,3)17-14-6-4-5-7-15(14)18-10-8-13(12-18)9-11-19/h13-15,17,19H,4-12H2,1-3H3/t13-,14+,15+/m1/s1. The molecule has 2 N–H and O–H groups in total. The van der Waals surface area contributed by atoms with E-state index in [-0.39, 0.29) is 5.54 Å². The average molecular weight is 268 g/mol. The lowest BCUT2D eigenvalue weighted by atomic mass is 9.87. The Morgan fingerprint density at radius 3 is 2.58 bits per heavy atom. The lowest BCUT2D eigenvalue weighted by Crippen LogP contribution is -2.56. The van der Waals surface area contributed by atoms with Gasteiger partial charge in [-0.3, -0.25) is 4.90 Å². The van der Waals surface area contributed by atoms with Crippen LogP contribution >= 0.6 is 0 Å². The van der Waals surface area contributed by atoms with Gasteiger partial charge in [-0.2, -0.15) is 0 Å². The highest BCUT2D eigenvalue weighted by molar-refractivity contribution is 4.94. The Bertz CT molecular complexity index is 274. The second-order valence-corrected chi connectivity index (χ2v) is 7.51. The van der Waals surface area contributed by atoms with Gasteiger partial charge in [0.2, 0.25) is 0 Å². The maximum atomic E-state index is 9.10. The first-order chi connectivity index (χ1) is 8.99. The summed E-state index contributed by atoms with van der Waals surface area (Å²) in [7, 11) is 0. The van der Waals surface area contributed by atoms with Crippen LogP contribution in [-0.4, -0.2) is 47.3 Å². The number of hydrogen-bond acceptors (Lipinski definition) is 3. The molecule has 3 heteroatoms. The van der Waals surface area contributed by atoms with Crippen molar-refractivity contribution in [1.29, 1.82) is 0 Å². The molecule has 1 aliphatic carbocycles. The molecular formula is C16H32N2O. The Kier molecular flexibility index (Phi) is 5.27. The minimum Gasteiger partial charge on any atom is -0.396 e. The van der Waals surface area contributed by atoms with Crippen molar-refractivity contribution >= 4 is 0 Å². The molecule has 2 rings (SSSR count). The number of hydrogen-bond donors (Lipinski definition) is 2. The highest BCUT2D eigenvalue weighted by atomic mass is 16.3. The Morgan fingerprint density at radius 2 is 1.89 bits per heavy atom. The molecule has 19 heavy (non-hydrogen) atoms. The molecule has 1 heterocycles. The summed E-state index contributed by atoms with van der Waals surface area (Å²) in [6.07, 6.45) is 7.69. The highest BCUT2D eigenvalue weighted by Gasteiger charge is 2.35. The second kappa shape index (κ2) is 6.55. The van der Waals surface area contributed by atoms with E-state index in [0.29, 0.717) is 12.6 Å². The minimum absolute atomic E-state index is 0.213. The van der Waals surface area contributed by atoms with E-state index in [4.69, 9.17) is 5.11 Å². The number of nitrogens with zero attached hydrogens (tertiary/aromatic N) is 1. The quantitative estimate of drug-likeness (QED) is 0.822. The summed E-state index contributed by atoms with van der Waals surface area (Å²) in [6, 6.07) is 1.37. The molecule has 1 saturated carbocycles.